The van der Waals surface area contributed by atoms with Crippen LogP contribution in [0.4, 0.5) is 10.5 Å². The maximum Gasteiger partial charge on any atom is 0.418 e. The first-order valence-corrected chi connectivity index (χ1v) is 7.71. The van der Waals surface area contributed by atoms with Crippen LogP contribution in [0.1, 0.15) is 0 Å². The van der Waals surface area contributed by atoms with Crippen LogP contribution in [-0.2, 0) is 16.3 Å². The lowest BCUT2D eigenvalue weighted by Gasteiger charge is -2.35. The van der Waals surface area contributed by atoms with Crippen molar-refractivity contribution in [3.8, 4) is 0 Å². The van der Waals surface area contributed by atoms with E-state index < -0.39 is 0 Å². The second-order valence-electron chi connectivity index (χ2n) is 3.86. The van der Waals surface area contributed by atoms with Gasteiger partial charge in [0.15, 0.2) is 0 Å². The number of hydrogen-bond acceptors (Lipinski definition) is 4. The van der Waals surface area contributed by atoms with Crippen molar-refractivity contribution in [1.82, 2.24) is 4.90 Å². The molecular weight excluding hydrogens is 291 g/mol. The van der Waals surface area contributed by atoms with Gasteiger partial charge in [-0.3, -0.25) is 0 Å². The Hall–Kier alpha value is -0.900. The van der Waals surface area contributed by atoms with E-state index in [1.54, 1.807) is 4.90 Å². The summed E-state index contributed by atoms with van der Waals surface area (Å²) >= 11 is 10.7. The summed E-state index contributed by atoms with van der Waals surface area (Å²) < 4.78 is 4.78. The van der Waals surface area contributed by atoms with Gasteiger partial charge in [0.05, 0.1) is 10.7 Å². The minimum atomic E-state index is -0.342. The quantitative estimate of drug-likeness (QED) is 0.787. The second-order valence-corrected chi connectivity index (χ2v) is 5.04. The number of benzene rings is 1. The van der Waals surface area contributed by atoms with Crippen LogP contribution in [0.3, 0.4) is 0 Å². The highest BCUT2D eigenvalue weighted by Crippen LogP contribution is 2.26. The van der Waals surface area contributed by atoms with Gasteiger partial charge in [0, 0.05) is 26.2 Å². The number of rotatable bonds is 2. The lowest BCUT2D eigenvalue weighted by atomic mass is 10.2. The molecule has 1 aliphatic rings. The van der Waals surface area contributed by atoms with Crippen molar-refractivity contribution in [3.63, 3.8) is 0 Å². The van der Waals surface area contributed by atoms with Gasteiger partial charge in [-0.25, -0.2) is 4.79 Å². The molecule has 1 fully saturated rings. The smallest absolute Gasteiger partial charge is 0.379 e. The van der Waals surface area contributed by atoms with Crippen molar-refractivity contribution in [2.24, 2.45) is 0 Å². The normalized spacial score (nSPS) is 15.8. The van der Waals surface area contributed by atoms with Crippen LogP contribution in [0.2, 0.25) is 5.02 Å². The lowest BCUT2D eigenvalue weighted by Crippen LogP contribution is -2.48. The topological polar surface area (TPSA) is 32.8 Å². The Kier molecular flexibility index (Phi) is 4.75. The molecular formula is C11H12ClN2O2PS. The van der Waals surface area contributed by atoms with Gasteiger partial charge >= 0.3 is 6.09 Å². The average Bonchev–Trinajstić information content (AvgIpc) is 2.40. The van der Waals surface area contributed by atoms with E-state index in [0.29, 0.717) is 13.1 Å². The Balaban J connectivity index is 1.97. The van der Waals surface area contributed by atoms with Gasteiger partial charge in [-0.1, -0.05) is 23.7 Å². The number of carbonyl (C=O) groups is 1. The fraction of sp³-hybridized carbons (Fsp3) is 0.364. The van der Waals surface area contributed by atoms with Gasteiger partial charge in [0.2, 0.25) is 7.58 Å². The number of piperazine rings is 1. The van der Waals surface area contributed by atoms with Gasteiger partial charge in [0.25, 0.3) is 0 Å². The molecule has 1 aromatic rings. The molecule has 0 radical (unpaired) electrons. The van der Waals surface area contributed by atoms with Crippen LogP contribution in [0, 0.1) is 0 Å². The second kappa shape index (κ2) is 6.32. The zero-order valence-electron chi connectivity index (χ0n) is 9.58. The number of hydrogen-bond donors (Lipinski definition) is 0. The van der Waals surface area contributed by atoms with Gasteiger partial charge in [-0.05, 0) is 23.9 Å². The number of para-hydroxylation sites is 1. The predicted octanol–water partition coefficient (Wildman–Crippen LogP) is 2.92. The van der Waals surface area contributed by atoms with E-state index in [1.165, 1.54) is 0 Å². The number of halogens is 1. The number of nitrogens with zero attached hydrogens (tertiary/aromatic N) is 2. The SMILES string of the molecule is O=C(OP=S)N1CCN(c2ccccc2Cl)CC1. The molecule has 0 saturated carbocycles. The summed E-state index contributed by atoms with van der Waals surface area (Å²) in [5.41, 5.74) is 1.01. The third-order valence-electron chi connectivity index (χ3n) is 2.85. The van der Waals surface area contributed by atoms with E-state index in [-0.39, 0.29) is 13.7 Å². The van der Waals surface area contributed by atoms with Crippen LogP contribution in [0.15, 0.2) is 24.3 Å². The maximum absolute atomic E-state index is 11.5. The fourth-order valence-electron chi connectivity index (χ4n) is 1.93. The molecule has 0 atom stereocenters. The molecule has 1 saturated heterocycles. The molecule has 0 unspecified atom stereocenters. The first kappa shape index (κ1) is 13.5. The molecule has 18 heavy (non-hydrogen) atoms. The standard InChI is InChI=1S/C11H12ClN2O2PS/c12-9-3-1-2-4-10(9)13-5-7-14(8-6-13)11(15)16-17-18/h1-4H,5-8H2. The van der Waals surface area contributed by atoms with Gasteiger partial charge in [-0.15, -0.1) is 0 Å². The van der Waals surface area contributed by atoms with Crippen molar-refractivity contribution >= 4 is 42.8 Å². The van der Waals surface area contributed by atoms with Crippen LogP contribution >= 0.6 is 19.2 Å². The van der Waals surface area contributed by atoms with E-state index in [0.717, 1.165) is 23.8 Å². The summed E-state index contributed by atoms with van der Waals surface area (Å²) in [6.07, 6.45) is -0.342. The summed E-state index contributed by atoms with van der Waals surface area (Å²) in [5, 5.41) is 0.734. The molecule has 2 rings (SSSR count). The van der Waals surface area contributed by atoms with Crippen LogP contribution in [0.25, 0.3) is 0 Å². The zero-order valence-corrected chi connectivity index (χ0v) is 12.0. The van der Waals surface area contributed by atoms with E-state index >= 15 is 0 Å². The highest BCUT2D eigenvalue weighted by Gasteiger charge is 2.22. The number of amides is 1. The van der Waals surface area contributed by atoms with Crippen molar-refractivity contribution in [2.45, 2.75) is 0 Å². The molecule has 1 amide bonds. The Morgan fingerprint density at radius 2 is 1.94 bits per heavy atom. The van der Waals surface area contributed by atoms with E-state index in [1.807, 2.05) is 24.3 Å². The summed E-state index contributed by atoms with van der Waals surface area (Å²) in [4.78, 5) is 15.3. The number of anilines is 1. The molecule has 0 aromatic heterocycles. The Bertz CT molecular complexity index is 452. The minimum Gasteiger partial charge on any atom is -0.379 e. The van der Waals surface area contributed by atoms with Crippen molar-refractivity contribution in [2.75, 3.05) is 31.1 Å². The lowest BCUT2D eigenvalue weighted by molar-refractivity contribution is 0.156. The van der Waals surface area contributed by atoms with E-state index in [2.05, 4.69) is 16.7 Å². The molecule has 1 aromatic carbocycles. The Labute approximate surface area is 117 Å². The van der Waals surface area contributed by atoms with Crippen LogP contribution < -0.4 is 4.90 Å². The molecule has 0 spiro atoms. The molecule has 96 valence electrons. The molecule has 7 heteroatoms. The largest absolute Gasteiger partial charge is 0.418 e. The van der Waals surface area contributed by atoms with Crippen LogP contribution in [-0.4, -0.2) is 37.2 Å². The van der Waals surface area contributed by atoms with E-state index in [9.17, 15) is 4.79 Å². The number of carbonyl (C=O) groups excluding carboxylic acids is 1. The maximum atomic E-state index is 11.5. The minimum absolute atomic E-state index is 0.222. The van der Waals surface area contributed by atoms with Crippen molar-refractivity contribution in [1.29, 1.82) is 0 Å². The van der Waals surface area contributed by atoms with Gasteiger partial charge < -0.3 is 14.3 Å². The average molecular weight is 303 g/mol. The highest BCUT2D eigenvalue weighted by molar-refractivity contribution is 7.94. The van der Waals surface area contributed by atoms with E-state index in [4.69, 9.17) is 16.1 Å². The molecule has 0 N–H and O–H groups in total. The summed E-state index contributed by atoms with van der Waals surface area (Å²) in [6, 6.07) is 7.71. The third-order valence-corrected chi connectivity index (χ3v) is 3.62. The Morgan fingerprint density at radius 3 is 2.56 bits per heavy atom. The van der Waals surface area contributed by atoms with Gasteiger partial charge in [-0.2, -0.15) is 0 Å². The molecule has 0 bridgehead atoms. The summed E-state index contributed by atoms with van der Waals surface area (Å²) in [6.45, 7) is 2.73. The van der Waals surface area contributed by atoms with Crippen molar-refractivity contribution < 1.29 is 9.32 Å². The summed E-state index contributed by atoms with van der Waals surface area (Å²) in [7, 11) is 0.222. The van der Waals surface area contributed by atoms with Crippen LogP contribution in [0.5, 0.6) is 0 Å². The molecule has 4 nitrogen and oxygen atoms in total. The van der Waals surface area contributed by atoms with Crippen molar-refractivity contribution in [3.05, 3.63) is 29.3 Å². The third kappa shape index (κ3) is 3.10. The molecule has 1 aliphatic heterocycles. The summed E-state index contributed by atoms with van der Waals surface area (Å²) in [5.74, 6) is 0. The predicted molar refractivity (Wildman–Crippen MR) is 76.0 cm³/mol. The molecule has 1 heterocycles. The highest BCUT2D eigenvalue weighted by atomic mass is 35.5. The Morgan fingerprint density at radius 1 is 1.28 bits per heavy atom. The van der Waals surface area contributed by atoms with Gasteiger partial charge in [0.1, 0.15) is 0 Å². The molecule has 0 aliphatic carbocycles. The monoisotopic (exact) mass is 302 g/mol. The fourth-order valence-corrected chi connectivity index (χ4v) is 2.55. The zero-order chi connectivity index (χ0) is 13.0. The first-order valence-electron chi connectivity index (χ1n) is 5.50. The first-order chi connectivity index (χ1) is 8.72.